The Kier molecular flexibility index (Phi) is 4.73. The first-order valence-corrected chi connectivity index (χ1v) is 10.5. The Balaban J connectivity index is 1.39. The van der Waals surface area contributed by atoms with Gasteiger partial charge >= 0.3 is 6.09 Å². The number of amides is 3. The molecule has 0 spiro atoms. The van der Waals surface area contributed by atoms with Crippen LogP contribution in [0.5, 0.6) is 0 Å². The van der Waals surface area contributed by atoms with Gasteiger partial charge in [-0.15, -0.1) is 0 Å². The Morgan fingerprint density at radius 2 is 1.81 bits per heavy atom. The summed E-state index contributed by atoms with van der Waals surface area (Å²) in [6.07, 6.45) is 3.01. The Hall–Kier alpha value is -3.61. The molecule has 7 heteroatoms. The summed E-state index contributed by atoms with van der Waals surface area (Å²) in [7, 11) is 0. The van der Waals surface area contributed by atoms with Crippen LogP contribution in [0, 0.1) is 0 Å². The van der Waals surface area contributed by atoms with Crippen molar-refractivity contribution in [3.8, 4) is 0 Å². The normalized spacial score (nSPS) is 17.9. The van der Waals surface area contributed by atoms with Crippen LogP contribution in [0.1, 0.15) is 38.8 Å². The molecule has 0 saturated carbocycles. The molecule has 2 aliphatic heterocycles. The highest BCUT2D eigenvalue weighted by molar-refractivity contribution is 6.21. The van der Waals surface area contributed by atoms with Gasteiger partial charge in [0.15, 0.2) is 0 Å². The number of rotatable bonds is 6. The number of carbonyl (C=O) groups is 3. The van der Waals surface area contributed by atoms with E-state index in [4.69, 9.17) is 4.74 Å². The van der Waals surface area contributed by atoms with E-state index in [9.17, 15) is 14.4 Å². The smallest absolute Gasteiger partial charge is 0.407 e. The van der Waals surface area contributed by atoms with Crippen LogP contribution in [0.4, 0.5) is 4.79 Å². The molecule has 7 nitrogen and oxygen atoms in total. The minimum absolute atomic E-state index is 0.0278. The van der Waals surface area contributed by atoms with Crippen LogP contribution in [0.15, 0.2) is 48.7 Å². The molecule has 3 aromatic rings. The van der Waals surface area contributed by atoms with Gasteiger partial charge in [-0.25, -0.2) is 4.79 Å². The van der Waals surface area contributed by atoms with Gasteiger partial charge in [-0.3, -0.25) is 14.5 Å². The zero-order valence-corrected chi connectivity index (χ0v) is 17.3. The Bertz CT molecular complexity index is 1180. The van der Waals surface area contributed by atoms with Gasteiger partial charge < -0.3 is 14.6 Å². The molecule has 0 radical (unpaired) electrons. The number of nitrogens with zero attached hydrogens (tertiary/aromatic N) is 2. The van der Waals surface area contributed by atoms with E-state index in [0.717, 1.165) is 28.6 Å². The second-order valence-electron chi connectivity index (χ2n) is 7.99. The van der Waals surface area contributed by atoms with Crippen LogP contribution in [-0.4, -0.2) is 46.6 Å². The standard InChI is InChI=1S/C24H23N3O4/c1-2-26-13-16(9-10-27-22(28)18-5-3-4-6-19(18)23(27)29)20-12-15(7-8-21(20)26)11-17-14-31-24(30)25-17/h3-8,12-13,17H,2,9-11,14H2,1H3,(H,25,30)/t17-/m0/s1. The zero-order chi connectivity index (χ0) is 21.5. The summed E-state index contributed by atoms with van der Waals surface area (Å²) in [5.41, 5.74) is 4.29. The summed E-state index contributed by atoms with van der Waals surface area (Å²) in [5, 5.41) is 3.93. The number of cyclic esters (lactones) is 1. The van der Waals surface area contributed by atoms with Crippen molar-refractivity contribution < 1.29 is 19.1 Å². The number of aromatic nitrogens is 1. The molecule has 1 aromatic heterocycles. The topological polar surface area (TPSA) is 80.6 Å². The highest BCUT2D eigenvalue weighted by Crippen LogP contribution is 2.27. The average molecular weight is 417 g/mol. The minimum atomic E-state index is -0.371. The molecule has 3 amide bonds. The maximum atomic E-state index is 12.7. The number of benzene rings is 2. The molecule has 3 heterocycles. The number of imide groups is 1. The number of hydrogen-bond donors (Lipinski definition) is 1. The summed E-state index contributed by atoms with van der Waals surface area (Å²) in [6, 6.07) is 13.3. The number of ether oxygens (including phenoxy) is 1. The number of alkyl carbamates (subject to hydrolysis) is 1. The molecule has 2 aromatic carbocycles. The second kappa shape index (κ2) is 7.58. The van der Waals surface area contributed by atoms with E-state index >= 15 is 0 Å². The maximum Gasteiger partial charge on any atom is 0.407 e. The van der Waals surface area contributed by atoms with Gasteiger partial charge in [-0.2, -0.15) is 0 Å². The van der Waals surface area contributed by atoms with Gasteiger partial charge in [0.1, 0.15) is 6.61 Å². The van der Waals surface area contributed by atoms with Crippen molar-refractivity contribution >= 4 is 28.8 Å². The number of aryl methyl sites for hydroxylation is 1. The van der Waals surface area contributed by atoms with Crippen LogP contribution < -0.4 is 5.32 Å². The molecule has 0 bridgehead atoms. The fourth-order valence-corrected chi connectivity index (χ4v) is 4.50. The number of hydrogen-bond acceptors (Lipinski definition) is 4. The lowest BCUT2D eigenvalue weighted by molar-refractivity contribution is 0.0656. The highest BCUT2D eigenvalue weighted by Gasteiger charge is 2.34. The van der Waals surface area contributed by atoms with Crippen molar-refractivity contribution in [2.45, 2.75) is 32.4 Å². The van der Waals surface area contributed by atoms with E-state index in [1.807, 2.05) is 0 Å². The Morgan fingerprint density at radius 1 is 1.06 bits per heavy atom. The highest BCUT2D eigenvalue weighted by atomic mass is 16.6. The molecular weight excluding hydrogens is 394 g/mol. The predicted octanol–water partition coefficient (Wildman–Crippen LogP) is 3.15. The van der Waals surface area contributed by atoms with E-state index in [0.29, 0.717) is 37.1 Å². The van der Waals surface area contributed by atoms with Crippen molar-refractivity contribution in [1.29, 1.82) is 0 Å². The van der Waals surface area contributed by atoms with Crippen molar-refractivity contribution in [2.24, 2.45) is 0 Å². The Morgan fingerprint density at radius 3 is 2.45 bits per heavy atom. The molecule has 2 aliphatic rings. The largest absolute Gasteiger partial charge is 0.447 e. The molecule has 31 heavy (non-hydrogen) atoms. The van der Waals surface area contributed by atoms with Crippen LogP contribution >= 0.6 is 0 Å². The van der Waals surface area contributed by atoms with Crippen molar-refractivity contribution in [3.63, 3.8) is 0 Å². The van der Waals surface area contributed by atoms with Crippen LogP contribution in [-0.2, 0) is 24.1 Å². The first-order valence-electron chi connectivity index (χ1n) is 10.5. The first kappa shape index (κ1) is 19.4. The SMILES string of the molecule is CCn1cc(CCN2C(=O)c3ccccc3C2=O)c2cc(C[C@H]3COC(=O)N3)ccc21. The molecule has 1 saturated heterocycles. The summed E-state index contributed by atoms with van der Waals surface area (Å²) in [6.45, 7) is 3.63. The lowest BCUT2D eigenvalue weighted by Gasteiger charge is -2.13. The number of carbonyl (C=O) groups excluding carboxylic acids is 3. The molecule has 1 fully saturated rings. The fraction of sp³-hybridized carbons (Fsp3) is 0.292. The maximum absolute atomic E-state index is 12.7. The molecule has 1 atom stereocenters. The fourth-order valence-electron chi connectivity index (χ4n) is 4.50. The third-order valence-corrected chi connectivity index (χ3v) is 6.07. The van der Waals surface area contributed by atoms with Crippen molar-refractivity contribution in [1.82, 2.24) is 14.8 Å². The third-order valence-electron chi connectivity index (χ3n) is 6.07. The molecule has 158 valence electrons. The van der Waals surface area contributed by atoms with E-state index < -0.39 is 0 Å². The van der Waals surface area contributed by atoms with Crippen LogP contribution in [0.3, 0.4) is 0 Å². The number of fused-ring (bicyclic) bond motifs is 2. The van der Waals surface area contributed by atoms with Gasteiger partial charge in [0, 0.05) is 30.2 Å². The lowest BCUT2D eigenvalue weighted by atomic mass is 10.0. The summed E-state index contributed by atoms with van der Waals surface area (Å²) in [5.74, 6) is -0.449. The van der Waals surface area contributed by atoms with Crippen LogP contribution in [0.25, 0.3) is 10.9 Å². The van der Waals surface area contributed by atoms with Gasteiger partial charge in [-0.05, 0) is 55.2 Å². The average Bonchev–Trinajstić information content (AvgIpc) is 3.42. The van der Waals surface area contributed by atoms with Crippen LogP contribution in [0.2, 0.25) is 0 Å². The van der Waals surface area contributed by atoms with Crippen molar-refractivity contribution in [3.05, 3.63) is 70.9 Å². The summed E-state index contributed by atoms with van der Waals surface area (Å²) in [4.78, 5) is 38.0. The zero-order valence-electron chi connectivity index (χ0n) is 17.3. The second-order valence-corrected chi connectivity index (χ2v) is 7.99. The van der Waals surface area contributed by atoms with Gasteiger partial charge in [-0.1, -0.05) is 18.2 Å². The number of nitrogens with one attached hydrogen (secondary N) is 1. The predicted molar refractivity (Wildman–Crippen MR) is 115 cm³/mol. The summed E-state index contributed by atoms with van der Waals surface area (Å²) < 4.78 is 7.17. The van der Waals surface area contributed by atoms with Gasteiger partial charge in [0.2, 0.25) is 0 Å². The minimum Gasteiger partial charge on any atom is -0.447 e. The third kappa shape index (κ3) is 3.36. The van der Waals surface area contributed by atoms with Gasteiger partial charge in [0.25, 0.3) is 11.8 Å². The Labute approximate surface area is 179 Å². The summed E-state index contributed by atoms with van der Waals surface area (Å²) >= 11 is 0. The quantitative estimate of drug-likeness (QED) is 0.625. The molecule has 5 rings (SSSR count). The van der Waals surface area contributed by atoms with E-state index in [2.05, 4.69) is 41.2 Å². The van der Waals surface area contributed by atoms with E-state index in [1.54, 1.807) is 24.3 Å². The van der Waals surface area contributed by atoms with E-state index in [1.165, 1.54) is 4.90 Å². The molecule has 0 aliphatic carbocycles. The van der Waals surface area contributed by atoms with Crippen molar-refractivity contribution in [2.75, 3.05) is 13.2 Å². The first-order chi connectivity index (χ1) is 15.0. The molecule has 0 unspecified atom stereocenters. The molecular formula is C24H23N3O4. The lowest BCUT2D eigenvalue weighted by Crippen LogP contribution is -2.31. The molecule has 1 N–H and O–H groups in total. The monoisotopic (exact) mass is 417 g/mol. The van der Waals surface area contributed by atoms with Gasteiger partial charge in [0.05, 0.1) is 17.2 Å². The van der Waals surface area contributed by atoms with E-state index in [-0.39, 0.29) is 23.9 Å².